The molecule has 1 saturated heterocycles. The van der Waals surface area contributed by atoms with Crippen LogP contribution < -0.4 is 10.6 Å². The minimum absolute atomic E-state index is 0.0632. The number of benzene rings is 2. The van der Waals surface area contributed by atoms with Gasteiger partial charge in [-0.25, -0.2) is 4.39 Å². The second-order valence-corrected chi connectivity index (χ2v) is 10.8. The highest BCUT2D eigenvalue weighted by atomic mass is 19.1. The molecule has 206 valence electrons. The molecule has 6 nitrogen and oxygen atoms in total. The summed E-state index contributed by atoms with van der Waals surface area (Å²) in [4.78, 5) is 18.0. The van der Waals surface area contributed by atoms with E-state index in [1.165, 1.54) is 17.7 Å². The van der Waals surface area contributed by atoms with Crippen LogP contribution in [0.3, 0.4) is 0 Å². The van der Waals surface area contributed by atoms with E-state index >= 15 is 0 Å². The van der Waals surface area contributed by atoms with Crippen LogP contribution in [0.1, 0.15) is 30.9 Å². The Hall–Kier alpha value is -3.42. The van der Waals surface area contributed by atoms with Crippen LogP contribution in [0.4, 0.5) is 4.39 Å². The van der Waals surface area contributed by atoms with Crippen LogP contribution in [-0.2, 0) is 22.6 Å². The van der Waals surface area contributed by atoms with Gasteiger partial charge in [0, 0.05) is 56.5 Å². The van der Waals surface area contributed by atoms with Crippen LogP contribution >= 0.6 is 0 Å². The Kier molecular flexibility index (Phi) is 8.79. The molecule has 39 heavy (non-hydrogen) atoms. The van der Waals surface area contributed by atoms with Crippen molar-refractivity contribution in [3.8, 4) is 0 Å². The molecule has 5 rings (SSSR count). The molecule has 3 atom stereocenters. The lowest BCUT2D eigenvalue weighted by Crippen LogP contribution is -2.34. The number of methoxy groups -OCH3 is 1. The number of carbonyl (C=O) groups is 1. The standard InChI is InChI=1S/C32H39FN4O2/c1-23-12-13-29(39-2)31-30(23)28(32(38)35-19-25-10-6-11-26(33)18-25)22-37(31)16-7-15-34-27-14-17-36(21-27)20-24-8-4-3-5-9-24/h3-6,8-13,18,22-23,27,30,34H,7,14-17,19-21H2,1-2H3,(H,35,38). The fourth-order valence-electron chi connectivity index (χ4n) is 5.94. The van der Waals surface area contributed by atoms with Crippen LogP contribution in [0.15, 0.2) is 90.0 Å². The number of hydrogen-bond acceptors (Lipinski definition) is 5. The molecule has 3 unspecified atom stereocenters. The third-order valence-electron chi connectivity index (χ3n) is 7.92. The summed E-state index contributed by atoms with van der Waals surface area (Å²) in [5.74, 6) is 0.491. The zero-order valence-corrected chi connectivity index (χ0v) is 22.9. The molecule has 7 heteroatoms. The summed E-state index contributed by atoms with van der Waals surface area (Å²) in [7, 11) is 1.68. The highest BCUT2D eigenvalue weighted by molar-refractivity contribution is 5.95. The van der Waals surface area contributed by atoms with Gasteiger partial charge in [-0.3, -0.25) is 9.69 Å². The number of fused-ring (bicyclic) bond motifs is 1. The number of carbonyl (C=O) groups excluding carboxylic acids is 1. The molecule has 0 saturated carbocycles. The van der Waals surface area contributed by atoms with Crippen LogP contribution in [0.25, 0.3) is 0 Å². The fraction of sp³-hybridized carbons (Fsp3) is 0.406. The number of hydrogen-bond donors (Lipinski definition) is 2. The molecule has 0 aromatic heterocycles. The first-order valence-corrected chi connectivity index (χ1v) is 14.0. The van der Waals surface area contributed by atoms with Crippen molar-refractivity contribution in [2.45, 2.75) is 38.9 Å². The molecule has 2 aliphatic heterocycles. The van der Waals surface area contributed by atoms with Crippen molar-refractivity contribution in [1.29, 1.82) is 0 Å². The topological polar surface area (TPSA) is 56.8 Å². The molecule has 2 aromatic carbocycles. The quantitative estimate of drug-likeness (QED) is 0.417. The predicted molar refractivity (Wildman–Crippen MR) is 152 cm³/mol. The van der Waals surface area contributed by atoms with Gasteiger partial charge in [0.05, 0.1) is 12.8 Å². The van der Waals surface area contributed by atoms with E-state index in [9.17, 15) is 9.18 Å². The molecule has 2 heterocycles. The first-order chi connectivity index (χ1) is 19.0. The number of likely N-dealkylation sites (tertiary alicyclic amines) is 1. The second kappa shape index (κ2) is 12.6. The van der Waals surface area contributed by atoms with Gasteiger partial charge in [-0.2, -0.15) is 0 Å². The van der Waals surface area contributed by atoms with Crippen LogP contribution in [0.2, 0.25) is 0 Å². The van der Waals surface area contributed by atoms with Gasteiger partial charge in [0.2, 0.25) is 5.91 Å². The van der Waals surface area contributed by atoms with E-state index in [2.05, 4.69) is 63.8 Å². The predicted octanol–water partition coefficient (Wildman–Crippen LogP) is 4.58. The van der Waals surface area contributed by atoms with Gasteiger partial charge in [-0.1, -0.05) is 55.5 Å². The van der Waals surface area contributed by atoms with E-state index in [-0.39, 0.29) is 30.1 Å². The number of ether oxygens (including phenoxy) is 1. The third kappa shape index (κ3) is 6.60. The number of amides is 1. The molecule has 0 bridgehead atoms. The maximum absolute atomic E-state index is 13.6. The molecule has 1 fully saturated rings. The van der Waals surface area contributed by atoms with Crippen molar-refractivity contribution in [1.82, 2.24) is 20.4 Å². The summed E-state index contributed by atoms with van der Waals surface area (Å²) in [6.45, 7) is 7.32. The average Bonchev–Trinajstić information content (AvgIpc) is 3.56. The summed E-state index contributed by atoms with van der Waals surface area (Å²) >= 11 is 0. The van der Waals surface area contributed by atoms with Gasteiger partial charge in [-0.15, -0.1) is 0 Å². The largest absolute Gasteiger partial charge is 0.495 e. The van der Waals surface area contributed by atoms with Gasteiger partial charge in [0.15, 0.2) is 0 Å². The van der Waals surface area contributed by atoms with Gasteiger partial charge < -0.3 is 20.3 Å². The molecule has 0 spiro atoms. The number of nitrogens with zero attached hydrogens (tertiary/aromatic N) is 2. The number of allylic oxidation sites excluding steroid dienone is 3. The molecular weight excluding hydrogens is 491 g/mol. The van der Waals surface area contributed by atoms with E-state index in [4.69, 9.17) is 4.74 Å². The Morgan fingerprint density at radius 2 is 1.95 bits per heavy atom. The molecule has 1 aliphatic carbocycles. The SMILES string of the molecule is COC1=C2C(C(C(=O)NCc3cccc(F)c3)=CN2CCCNC2CCN(Cc3ccccc3)C2)C(C)C=C1. The van der Waals surface area contributed by atoms with Gasteiger partial charge in [0.25, 0.3) is 0 Å². The maximum atomic E-state index is 13.6. The number of nitrogens with one attached hydrogen (secondary N) is 2. The molecule has 1 amide bonds. The third-order valence-corrected chi connectivity index (χ3v) is 7.92. The first-order valence-electron chi connectivity index (χ1n) is 14.0. The molecular formula is C32H39FN4O2. The van der Waals surface area contributed by atoms with E-state index in [1.807, 2.05) is 18.3 Å². The van der Waals surface area contributed by atoms with E-state index in [0.717, 1.165) is 68.2 Å². The lowest BCUT2D eigenvalue weighted by atomic mass is 9.82. The lowest BCUT2D eigenvalue weighted by Gasteiger charge is -2.30. The van der Waals surface area contributed by atoms with Crippen molar-refractivity contribution in [3.05, 3.63) is 107 Å². The summed E-state index contributed by atoms with van der Waals surface area (Å²) in [5, 5.41) is 6.74. The highest BCUT2D eigenvalue weighted by Gasteiger charge is 2.40. The van der Waals surface area contributed by atoms with E-state index in [1.54, 1.807) is 13.2 Å². The second-order valence-electron chi connectivity index (χ2n) is 10.8. The molecule has 3 aliphatic rings. The maximum Gasteiger partial charge on any atom is 0.249 e. The zero-order chi connectivity index (χ0) is 27.2. The minimum atomic E-state index is -0.302. The Bertz CT molecular complexity index is 1240. The average molecular weight is 531 g/mol. The smallest absolute Gasteiger partial charge is 0.249 e. The van der Waals surface area contributed by atoms with E-state index in [0.29, 0.717) is 6.04 Å². The first kappa shape index (κ1) is 27.2. The van der Waals surface area contributed by atoms with Crippen molar-refractivity contribution in [2.24, 2.45) is 11.8 Å². The zero-order valence-electron chi connectivity index (χ0n) is 22.9. The van der Waals surface area contributed by atoms with E-state index < -0.39 is 0 Å². The molecule has 2 N–H and O–H groups in total. The van der Waals surface area contributed by atoms with Crippen LogP contribution in [0.5, 0.6) is 0 Å². The van der Waals surface area contributed by atoms with Crippen molar-refractivity contribution in [3.63, 3.8) is 0 Å². The number of rotatable bonds is 11. The fourth-order valence-corrected chi connectivity index (χ4v) is 5.94. The Balaban J connectivity index is 1.17. The summed E-state index contributed by atoms with van der Waals surface area (Å²) in [6, 6.07) is 17.5. The van der Waals surface area contributed by atoms with Crippen LogP contribution in [0, 0.1) is 17.7 Å². The summed E-state index contributed by atoms with van der Waals surface area (Å²) in [6.07, 6.45) is 8.22. The minimum Gasteiger partial charge on any atom is -0.495 e. The number of halogens is 1. The monoisotopic (exact) mass is 530 g/mol. The molecule has 2 aromatic rings. The Morgan fingerprint density at radius 3 is 2.74 bits per heavy atom. The Labute approximate surface area is 231 Å². The lowest BCUT2D eigenvalue weighted by molar-refractivity contribution is -0.118. The van der Waals surface area contributed by atoms with Gasteiger partial charge >= 0.3 is 0 Å². The van der Waals surface area contributed by atoms with Gasteiger partial charge in [-0.05, 0) is 54.6 Å². The Morgan fingerprint density at radius 1 is 1.13 bits per heavy atom. The van der Waals surface area contributed by atoms with Gasteiger partial charge in [0.1, 0.15) is 11.6 Å². The highest BCUT2D eigenvalue weighted by Crippen LogP contribution is 2.42. The normalized spacial score (nSPS) is 22.7. The van der Waals surface area contributed by atoms with Crippen molar-refractivity contribution >= 4 is 5.91 Å². The summed E-state index contributed by atoms with van der Waals surface area (Å²) < 4.78 is 19.3. The van der Waals surface area contributed by atoms with Crippen molar-refractivity contribution in [2.75, 3.05) is 33.3 Å². The molecule has 0 radical (unpaired) electrons. The van der Waals surface area contributed by atoms with Crippen molar-refractivity contribution < 1.29 is 13.9 Å². The summed E-state index contributed by atoms with van der Waals surface area (Å²) in [5.41, 5.74) is 3.89. The van der Waals surface area contributed by atoms with Crippen LogP contribution in [-0.4, -0.2) is 55.0 Å².